The molecule has 0 spiro atoms. The van der Waals surface area contributed by atoms with Gasteiger partial charge in [-0.25, -0.2) is 8.42 Å². The van der Waals surface area contributed by atoms with Crippen LogP contribution in [-0.4, -0.2) is 38.9 Å². The maximum absolute atomic E-state index is 12.6. The van der Waals surface area contributed by atoms with Crippen LogP contribution in [0.5, 0.6) is 0 Å². The highest BCUT2D eigenvalue weighted by molar-refractivity contribution is 7.89. The maximum Gasteiger partial charge on any atom is 0.244 e. The zero-order valence-corrected chi connectivity index (χ0v) is 12.5. The molecule has 0 bridgehead atoms. The van der Waals surface area contributed by atoms with Crippen LogP contribution in [0.25, 0.3) is 0 Å². The van der Waals surface area contributed by atoms with Gasteiger partial charge in [0, 0.05) is 18.1 Å². The Hall–Kier alpha value is -0.330. The average Bonchev–Trinajstić information content (AvgIpc) is 2.92. The summed E-state index contributed by atoms with van der Waals surface area (Å²) >= 11 is 11.9. The molecule has 104 valence electrons. The summed E-state index contributed by atoms with van der Waals surface area (Å²) in [4.78, 5) is 0.106. The third-order valence-electron chi connectivity index (χ3n) is 3.87. The molecule has 2 heterocycles. The fourth-order valence-electron chi connectivity index (χ4n) is 2.82. The number of hydrogen-bond donors (Lipinski definition) is 1. The van der Waals surface area contributed by atoms with E-state index in [9.17, 15) is 8.42 Å². The lowest BCUT2D eigenvalue weighted by Gasteiger charge is -2.18. The van der Waals surface area contributed by atoms with E-state index in [1.54, 1.807) is 6.07 Å². The zero-order valence-electron chi connectivity index (χ0n) is 10.1. The van der Waals surface area contributed by atoms with Crippen molar-refractivity contribution < 1.29 is 8.42 Å². The lowest BCUT2D eigenvalue weighted by molar-refractivity contribution is 0.448. The van der Waals surface area contributed by atoms with E-state index in [-0.39, 0.29) is 9.92 Å². The summed E-state index contributed by atoms with van der Waals surface area (Å²) < 4.78 is 26.7. The second-order valence-electron chi connectivity index (χ2n) is 5.08. The minimum Gasteiger partial charge on any atom is -0.316 e. The SMILES string of the molecule is O=S(=O)(c1cc(Cl)ccc1Cl)N1CC2CNCC2C1. The molecule has 0 aromatic heterocycles. The fraction of sp³-hybridized carbons (Fsp3) is 0.500. The van der Waals surface area contributed by atoms with Crippen molar-refractivity contribution in [3.05, 3.63) is 28.2 Å². The van der Waals surface area contributed by atoms with E-state index in [0.29, 0.717) is 29.9 Å². The van der Waals surface area contributed by atoms with Crippen molar-refractivity contribution in [2.75, 3.05) is 26.2 Å². The molecule has 7 heteroatoms. The topological polar surface area (TPSA) is 49.4 Å². The van der Waals surface area contributed by atoms with E-state index in [1.807, 2.05) is 0 Å². The lowest BCUT2D eigenvalue weighted by Crippen LogP contribution is -2.32. The van der Waals surface area contributed by atoms with E-state index in [0.717, 1.165) is 13.1 Å². The molecular formula is C12H14Cl2N2O2S. The van der Waals surface area contributed by atoms with Gasteiger partial charge in [-0.1, -0.05) is 23.2 Å². The molecule has 2 unspecified atom stereocenters. The molecule has 2 aliphatic rings. The molecule has 1 aromatic rings. The largest absolute Gasteiger partial charge is 0.316 e. The predicted molar refractivity (Wildman–Crippen MR) is 75.1 cm³/mol. The van der Waals surface area contributed by atoms with Crippen LogP contribution >= 0.6 is 23.2 Å². The summed E-state index contributed by atoms with van der Waals surface area (Å²) in [6.45, 7) is 2.89. The molecule has 4 nitrogen and oxygen atoms in total. The quantitative estimate of drug-likeness (QED) is 0.904. The highest BCUT2D eigenvalue weighted by Crippen LogP contribution is 2.33. The number of sulfonamides is 1. The van der Waals surface area contributed by atoms with Crippen LogP contribution < -0.4 is 5.32 Å². The Morgan fingerprint density at radius 2 is 1.79 bits per heavy atom. The second-order valence-corrected chi connectivity index (χ2v) is 7.83. The monoisotopic (exact) mass is 320 g/mol. The molecule has 1 N–H and O–H groups in total. The number of halogens is 2. The minimum absolute atomic E-state index is 0.106. The number of nitrogens with one attached hydrogen (secondary N) is 1. The number of rotatable bonds is 2. The van der Waals surface area contributed by atoms with Gasteiger partial charge in [-0.3, -0.25) is 0 Å². The molecular weight excluding hydrogens is 307 g/mol. The number of benzene rings is 1. The van der Waals surface area contributed by atoms with Crippen LogP contribution in [-0.2, 0) is 10.0 Å². The highest BCUT2D eigenvalue weighted by Gasteiger charge is 2.42. The third-order valence-corrected chi connectivity index (χ3v) is 6.42. The second kappa shape index (κ2) is 4.90. The van der Waals surface area contributed by atoms with Gasteiger partial charge < -0.3 is 5.32 Å². The molecule has 2 fully saturated rings. The summed E-state index contributed by atoms with van der Waals surface area (Å²) in [6.07, 6.45) is 0. The van der Waals surface area contributed by atoms with Crippen molar-refractivity contribution in [2.45, 2.75) is 4.90 Å². The molecule has 2 saturated heterocycles. The average molecular weight is 321 g/mol. The van der Waals surface area contributed by atoms with E-state index in [2.05, 4.69) is 5.32 Å². The molecule has 3 rings (SSSR count). The van der Waals surface area contributed by atoms with Crippen LogP contribution in [0.3, 0.4) is 0 Å². The van der Waals surface area contributed by atoms with Crippen LogP contribution in [0.2, 0.25) is 10.0 Å². The Morgan fingerprint density at radius 1 is 1.16 bits per heavy atom. The van der Waals surface area contributed by atoms with E-state index < -0.39 is 10.0 Å². The Labute approximate surface area is 122 Å². The summed E-state index contributed by atoms with van der Waals surface area (Å²) in [5.74, 6) is 0.820. The smallest absolute Gasteiger partial charge is 0.244 e. The van der Waals surface area contributed by atoms with Crippen LogP contribution in [0.4, 0.5) is 0 Å². The highest BCUT2D eigenvalue weighted by atomic mass is 35.5. The van der Waals surface area contributed by atoms with Crippen LogP contribution in [0, 0.1) is 11.8 Å². The van der Waals surface area contributed by atoms with Gasteiger partial charge in [0.15, 0.2) is 0 Å². The van der Waals surface area contributed by atoms with E-state index in [4.69, 9.17) is 23.2 Å². The number of fused-ring (bicyclic) bond motifs is 1. The van der Waals surface area contributed by atoms with Crippen molar-refractivity contribution in [3.8, 4) is 0 Å². The van der Waals surface area contributed by atoms with Gasteiger partial charge in [0.25, 0.3) is 0 Å². The molecule has 0 saturated carbocycles. The summed E-state index contributed by atoms with van der Waals surface area (Å²) in [7, 11) is -3.54. The Kier molecular flexibility index (Phi) is 3.52. The molecule has 0 aliphatic carbocycles. The summed E-state index contributed by atoms with van der Waals surface area (Å²) in [5.41, 5.74) is 0. The van der Waals surface area contributed by atoms with Crippen LogP contribution in [0.1, 0.15) is 0 Å². The molecule has 0 radical (unpaired) electrons. The van der Waals surface area contributed by atoms with Crippen molar-refractivity contribution in [2.24, 2.45) is 11.8 Å². The first kappa shape index (κ1) is 13.6. The minimum atomic E-state index is -3.54. The van der Waals surface area contributed by atoms with Crippen molar-refractivity contribution >= 4 is 33.2 Å². The Morgan fingerprint density at radius 3 is 2.42 bits per heavy atom. The molecule has 19 heavy (non-hydrogen) atoms. The first-order valence-corrected chi connectivity index (χ1v) is 8.34. The van der Waals surface area contributed by atoms with Crippen LogP contribution in [0.15, 0.2) is 23.1 Å². The van der Waals surface area contributed by atoms with Crippen molar-refractivity contribution in [1.82, 2.24) is 9.62 Å². The number of hydrogen-bond acceptors (Lipinski definition) is 3. The standard InChI is InChI=1S/C12H14Cl2N2O2S/c13-10-1-2-11(14)12(3-10)19(17,18)16-6-8-4-15-5-9(8)7-16/h1-3,8-9,15H,4-7H2. The van der Waals surface area contributed by atoms with Gasteiger partial charge in [-0.15, -0.1) is 0 Å². The Balaban J connectivity index is 1.93. The number of nitrogens with zero attached hydrogens (tertiary/aromatic N) is 1. The molecule has 1 aromatic carbocycles. The normalized spacial score (nSPS) is 27.7. The first-order valence-electron chi connectivity index (χ1n) is 6.14. The van der Waals surface area contributed by atoms with Gasteiger partial charge in [-0.05, 0) is 43.1 Å². The summed E-state index contributed by atoms with van der Waals surface area (Å²) in [6, 6.07) is 4.53. The molecule has 2 aliphatic heterocycles. The first-order chi connectivity index (χ1) is 8.98. The van der Waals surface area contributed by atoms with Gasteiger partial charge in [0.1, 0.15) is 4.90 Å². The fourth-order valence-corrected chi connectivity index (χ4v) is 5.11. The van der Waals surface area contributed by atoms with Crippen molar-refractivity contribution in [1.29, 1.82) is 0 Å². The zero-order chi connectivity index (χ0) is 13.6. The molecule has 0 amide bonds. The van der Waals surface area contributed by atoms with Gasteiger partial charge in [0.05, 0.1) is 5.02 Å². The van der Waals surface area contributed by atoms with Gasteiger partial charge >= 0.3 is 0 Å². The van der Waals surface area contributed by atoms with Crippen molar-refractivity contribution in [3.63, 3.8) is 0 Å². The van der Waals surface area contributed by atoms with Gasteiger partial charge in [0.2, 0.25) is 10.0 Å². The Bertz CT molecular complexity index is 594. The maximum atomic E-state index is 12.6. The third kappa shape index (κ3) is 2.38. The van der Waals surface area contributed by atoms with Gasteiger partial charge in [-0.2, -0.15) is 4.31 Å². The summed E-state index contributed by atoms with van der Waals surface area (Å²) in [5, 5.41) is 3.89. The predicted octanol–water partition coefficient (Wildman–Crippen LogP) is 1.83. The van der Waals surface area contributed by atoms with E-state index >= 15 is 0 Å². The molecule has 2 atom stereocenters. The lowest BCUT2D eigenvalue weighted by atomic mass is 10.0. The van der Waals surface area contributed by atoms with E-state index in [1.165, 1.54) is 16.4 Å².